The highest BCUT2D eigenvalue weighted by Crippen LogP contribution is 2.26. The highest BCUT2D eigenvalue weighted by Gasteiger charge is 2.10. The zero-order chi connectivity index (χ0) is 15.5. The molecular weight excluding hydrogens is 272 g/mol. The molecule has 2 nitrogen and oxygen atoms in total. The summed E-state index contributed by atoms with van der Waals surface area (Å²) in [4.78, 5) is 11.1. The summed E-state index contributed by atoms with van der Waals surface area (Å²) in [6.45, 7) is 1.49. The summed E-state index contributed by atoms with van der Waals surface area (Å²) in [5.74, 6) is -0.00824. The van der Waals surface area contributed by atoms with Gasteiger partial charge in [0.1, 0.15) is 5.78 Å². The Morgan fingerprint density at radius 3 is 2.23 bits per heavy atom. The van der Waals surface area contributed by atoms with Crippen LogP contribution in [0.4, 0.5) is 0 Å². The van der Waals surface area contributed by atoms with Crippen LogP contribution < -0.4 is 0 Å². The molecule has 0 saturated carbocycles. The van der Waals surface area contributed by atoms with Crippen molar-refractivity contribution >= 4 is 16.6 Å². The maximum Gasteiger partial charge on any atom is 0.132 e. The summed E-state index contributed by atoms with van der Waals surface area (Å²) in [6.07, 6.45) is -0.557. The van der Waals surface area contributed by atoms with E-state index < -0.39 is 6.10 Å². The summed E-state index contributed by atoms with van der Waals surface area (Å²) in [7, 11) is 0. The summed E-state index contributed by atoms with van der Waals surface area (Å²) < 4.78 is 0. The van der Waals surface area contributed by atoms with Crippen molar-refractivity contribution in [1.82, 2.24) is 0 Å². The van der Waals surface area contributed by atoms with E-state index in [4.69, 9.17) is 0 Å². The zero-order valence-corrected chi connectivity index (χ0v) is 12.5. The van der Waals surface area contributed by atoms with Crippen molar-refractivity contribution in [3.63, 3.8) is 0 Å². The van der Waals surface area contributed by atoms with Gasteiger partial charge in [0, 0.05) is 6.42 Å². The van der Waals surface area contributed by atoms with E-state index in [2.05, 4.69) is 30.3 Å². The molecule has 0 saturated heterocycles. The van der Waals surface area contributed by atoms with Crippen LogP contribution in [0.5, 0.6) is 0 Å². The van der Waals surface area contributed by atoms with Gasteiger partial charge in [-0.3, -0.25) is 4.79 Å². The number of aliphatic hydroxyl groups is 1. The molecule has 0 fully saturated rings. The van der Waals surface area contributed by atoms with Gasteiger partial charge in [-0.05, 0) is 40.5 Å². The van der Waals surface area contributed by atoms with Gasteiger partial charge in [0.05, 0.1) is 6.10 Å². The second-order valence-electron chi connectivity index (χ2n) is 5.61. The number of rotatable bonds is 4. The number of benzene rings is 3. The maximum atomic E-state index is 11.1. The fraction of sp³-hybridized carbons (Fsp3) is 0.150. The fourth-order valence-electron chi connectivity index (χ4n) is 2.66. The molecule has 1 unspecified atom stereocenters. The predicted molar refractivity (Wildman–Crippen MR) is 89.6 cm³/mol. The van der Waals surface area contributed by atoms with E-state index in [9.17, 15) is 9.90 Å². The summed E-state index contributed by atoms with van der Waals surface area (Å²) >= 11 is 0. The standard InChI is InChI=1S/C20H18O2/c1-14(21)12-20(22)17-9-6-16(7-10-17)19-11-8-15-4-2-3-5-18(15)13-19/h2-11,13,20,22H,12H2,1H3. The van der Waals surface area contributed by atoms with Gasteiger partial charge < -0.3 is 5.11 Å². The maximum absolute atomic E-state index is 11.1. The Morgan fingerprint density at radius 2 is 1.55 bits per heavy atom. The predicted octanol–water partition coefficient (Wildman–Crippen LogP) is 4.52. The van der Waals surface area contributed by atoms with Crippen LogP contribution >= 0.6 is 0 Å². The molecule has 0 heterocycles. The second kappa shape index (κ2) is 6.12. The number of carbonyl (C=O) groups is 1. The summed E-state index contributed by atoms with van der Waals surface area (Å²) in [5, 5.41) is 12.4. The van der Waals surface area contributed by atoms with Crippen molar-refractivity contribution < 1.29 is 9.90 Å². The first-order chi connectivity index (χ1) is 10.6. The van der Waals surface area contributed by atoms with E-state index in [0.717, 1.165) is 16.7 Å². The SMILES string of the molecule is CC(=O)CC(O)c1ccc(-c2ccc3ccccc3c2)cc1. The third-order valence-electron chi connectivity index (χ3n) is 3.86. The first kappa shape index (κ1) is 14.5. The molecule has 3 aromatic rings. The lowest BCUT2D eigenvalue weighted by molar-refractivity contribution is -0.118. The normalized spacial score (nSPS) is 12.3. The molecule has 1 N–H and O–H groups in total. The minimum atomic E-state index is -0.719. The average Bonchev–Trinajstić information content (AvgIpc) is 2.54. The minimum Gasteiger partial charge on any atom is -0.388 e. The van der Waals surface area contributed by atoms with E-state index in [0.29, 0.717) is 0 Å². The van der Waals surface area contributed by atoms with Gasteiger partial charge in [0.15, 0.2) is 0 Å². The monoisotopic (exact) mass is 290 g/mol. The molecule has 0 radical (unpaired) electrons. The van der Waals surface area contributed by atoms with Gasteiger partial charge in [-0.2, -0.15) is 0 Å². The van der Waals surface area contributed by atoms with E-state index in [1.54, 1.807) is 0 Å². The van der Waals surface area contributed by atoms with Gasteiger partial charge in [-0.15, -0.1) is 0 Å². The third kappa shape index (κ3) is 3.07. The van der Waals surface area contributed by atoms with Crippen molar-refractivity contribution in [1.29, 1.82) is 0 Å². The molecule has 0 amide bonds. The molecule has 0 aliphatic carbocycles. The van der Waals surface area contributed by atoms with Gasteiger partial charge in [-0.1, -0.05) is 60.7 Å². The molecular formula is C20H18O2. The van der Waals surface area contributed by atoms with E-state index >= 15 is 0 Å². The lowest BCUT2D eigenvalue weighted by atomic mass is 9.98. The van der Waals surface area contributed by atoms with Crippen LogP contribution in [0.15, 0.2) is 66.7 Å². The molecule has 0 aliphatic rings. The molecule has 0 aliphatic heterocycles. The average molecular weight is 290 g/mol. The Hall–Kier alpha value is -2.45. The fourth-order valence-corrected chi connectivity index (χ4v) is 2.66. The molecule has 1 atom stereocenters. The molecule has 0 bridgehead atoms. The van der Waals surface area contributed by atoms with Crippen LogP contribution in [0, 0.1) is 0 Å². The van der Waals surface area contributed by atoms with Crippen molar-refractivity contribution in [2.45, 2.75) is 19.4 Å². The largest absolute Gasteiger partial charge is 0.388 e. The van der Waals surface area contributed by atoms with Gasteiger partial charge in [0.2, 0.25) is 0 Å². The Bertz CT molecular complexity index is 803. The van der Waals surface area contributed by atoms with Crippen molar-refractivity contribution in [3.05, 3.63) is 72.3 Å². The first-order valence-electron chi connectivity index (χ1n) is 7.40. The van der Waals surface area contributed by atoms with Crippen LogP contribution in [0.3, 0.4) is 0 Å². The Labute approximate surface area is 130 Å². The molecule has 2 heteroatoms. The Kier molecular flexibility index (Phi) is 4.03. The van der Waals surface area contributed by atoms with E-state index in [-0.39, 0.29) is 12.2 Å². The minimum absolute atomic E-state index is 0.00824. The molecule has 0 spiro atoms. The number of Topliss-reactive ketones (excluding diaryl/α,β-unsaturated/α-hetero) is 1. The lowest BCUT2D eigenvalue weighted by Crippen LogP contribution is -2.02. The number of carbonyl (C=O) groups excluding carboxylic acids is 1. The number of hydrogen-bond donors (Lipinski definition) is 1. The van der Waals surface area contributed by atoms with Crippen LogP contribution in [0.1, 0.15) is 25.0 Å². The Balaban J connectivity index is 1.89. The third-order valence-corrected chi connectivity index (χ3v) is 3.86. The van der Waals surface area contributed by atoms with Crippen LogP contribution in [-0.4, -0.2) is 10.9 Å². The van der Waals surface area contributed by atoms with Gasteiger partial charge in [-0.25, -0.2) is 0 Å². The second-order valence-corrected chi connectivity index (χ2v) is 5.61. The first-order valence-corrected chi connectivity index (χ1v) is 7.40. The van der Waals surface area contributed by atoms with E-state index in [1.807, 2.05) is 36.4 Å². The van der Waals surface area contributed by atoms with Crippen LogP contribution in [-0.2, 0) is 4.79 Å². The van der Waals surface area contributed by atoms with Gasteiger partial charge >= 0.3 is 0 Å². The van der Waals surface area contributed by atoms with Gasteiger partial charge in [0.25, 0.3) is 0 Å². The summed E-state index contributed by atoms with van der Waals surface area (Å²) in [5.41, 5.74) is 3.02. The van der Waals surface area contributed by atoms with Crippen LogP contribution in [0.25, 0.3) is 21.9 Å². The molecule has 3 rings (SSSR count). The van der Waals surface area contributed by atoms with Crippen molar-refractivity contribution in [2.75, 3.05) is 0 Å². The van der Waals surface area contributed by atoms with Crippen molar-refractivity contribution in [2.24, 2.45) is 0 Å². The zero-order valence-electron chi connectivity index (χ0n) is 12.5. The highest BCUT2D eigenvalue weighted by molar-refractivity contribution is 5.87. The highest BCUT2D eigenvalue weighted by atomic mass is 16.3. The number of ketones is 1. The molecule has 0 aromatic heterocycles. The molecule has 3 aromatic carbocycles. The number of hydrogen-bond acceptors (Lipinski definition) is 2. The molecule has 110 valence electrons. The lowest BCUT2D eigenvalue weighted by Gasteiger charge is -2.10. The smallest absolute Gasteiger partial charge is 0.132 e. The number of aliphatic hydroxyl groups excluding tert-OH is 1. The van der Waals surface area contributed by atoms with E-state index in [1.165, 1.54) is 17.7 Å². The van der Waals surface area contributed by atoms with Crippen molar-refractivity contribution in [3.8, 4) is 11.1 Å². The topological polar surface area (TPSA) is 37.3 Å². The quantitative estimate of drug-likeness (QED) is 0.767. The summed E-state index contributed by atoms with van der Waals surface area (Å²) in [6, 6.07) is 22.4. The van der Waals surface area contributed by atoms with Crippen LogP contribution in [0.2, 0.25) is 0 Å². The number of fused-ring (bicyclic) bond motifs is 1. The Morgan fingerprint density at radius 1 is 0.909 bits per heavy atom. The molecule has 22 heavy (non-hydrogen) atoms.